The van der Waals surface area contributed by atoms with Gasteiger partial charge in [-0.1, -0.05) is 18.2 Å². The minimum absolute atomic E-state index is 0.335. The summed E-state index contributed by atoms with van der Waals surface area (Å²) in [5.74, 6) is -4.50. The molecule has 0 N–H and O–H groups in total. The van der Waals surface area contributed by atoms with Gasteiger partial charge in [-0.05, 0) is 20.2 Å². The van der Waals surface area contributed by atoms with Crippen LogP contribution in [0.3, 0.4) is 0 Å². The Morgan fingerprint density at radius 1 is 1.50 bits per heavy atom. The summed E-state index contributed by atoms with van der Waals surface area (Å²) in [5.41, 5.74) is -0.614. The molecule has 0 radical (unpaired) electrons. The molecule has 0 bridgehead atoms. The predicted octanol–water partition coefficient (Wildman–Crippen LogP) is 2.60. The van der Waals surface area contributed by atoms with E-state index in [-0.39, 0.29) is 13.0 Å². The maximum absolute atomic E-state index is 14.4. The van der Waals surface area contributed by atoms with Crippen molar-refractivity contribution < 1.29 is 27.5 Å². The Balaban J connectivity index is 2.95. The van der Waals surface area contributed by atoms with Gasteiger partial charge in [0.25, 0.3) is 0 Å². The average Bonchev–Trinajstić information content (AvgIpc) is 2.47. The van der Waals surface area contributed by atoms with Crippen molar-refractivity contribution in [1.29, 1.82) is 0 Å². The van der Waals surface area contributed by atoms with Crippen LogP contribution in [-0.2, 0) is 14.3 Å². The molecule has 8 heteroatoms. The zero-order chi connectivity index (χ0) is 17.1. The first-order chi connectivity index (χ1) is 10.2. The normalized spacial score (nSPS) is 25.0. The van der Waals surface area contributed by atoms with E-state index in [9.17, 15) is 22.8 Å². The van der Waals surface area contributed by atoms with Crippen molar-refractivity contribution in [3.63, 3.8) is 0 Å². The third-order valence-corrected chi connectivity index (χ3v) is 3.82. The minimum atomic E-state index is -2.43. The van der Waals surface area contributed by atoms with Crippen molar-refractivity contribution in [2.45, 2.75) is 17.6 Å². The van der Waals surface area contributed by atoms with Gasteiger partial charge < -0.3 is 4.74 Å². The van der Waals surface area contributed by atoms with Crippen LogP contribution >= 0.6 is 11.6 Å². The summed E-state index contributed by atoms with van der Waals surface area (Å²) >= 11 is 5.84. The smallest absolute Gasteiger partial charge is 0.330 e. The molecule has 1 rings (SSSR count). The highest BCUT2D eigenvalue weighted by atomic mass is 35.5. The molecular weight excluding hydrogens is 323 g/mol. The van der Waals surface area contributed by atoms with E-state index in [1.807, 2.05) is 0 Å². The van der Waals surface area contributed by atoms with Gasteiger partial charge in [0.05, 0.1) is 6.61 Å². The van der Waals surface area contributed by atoms with Gasteiger partial charge in [0.2, 0.25) is 0 Å². The molecule has 122 valence electrons. The van der Waals surface area contributed by atoms with Gasteiger partial charge in [-0.2, -0.15) is 0 Å². The molecule has 0 aromatic rings. The lowest BCUT2D eigenvalue weighted by Crippen LogP contribution is -2.51. The van der Waals surface area contributed by atoms with E-state index in [4.69, 9.17) is 11.6 Å². The molecule has 4 nitrogen and oxygen atoms in total. The Kier molecular flexibility index (Phi) is 5.96. The van der Waals surface area contributed by atoms with E-state index in [2.05, 4.69) is 11.3 Å². The van der Waals surface area contributed by atoms with Crippen LogP contribution in [0, 0.1) is 0 Å². The standard InChI is InChI=1S/C14H15ClF3NO3/c1-4-11(21)22-6-5-10(20)8-7-9(16)13(18)14(15,12(8)17)19(2)3/h4,7,12H,1,5-6H2,2-3H3. The maximum Gasteiger partial charge on any atom is 0.330 e. The number of allylic oxidation sites excluding steroid dienone is 2. The molecule has 0 amide bonds. The summed E-state index contributed by atoms with van der Waals surface area (Å²) < 4.78 is 46.5. The van der Waals surface area contributed by atoms with Crippen LogP contribution in [0.1, 0.15) is 6.42 Å². The van der Waals surface area contributed by atoms with E-state index in [0.29, 0.717) is 6.08 Å². The minimum Gasteiger partial charge on any atom is -0.462 e. The summed E-state index contributed by atoms with van der Waals surface area (Å²) in [4.78, 5) is 21.3. The highest BCUT2D eigenvalue weighted by molar-refractivity contribution is 6.27. The number of esters is 1. The lowest BCUT2D eigenvalue weighted by molar-refractivity contribution is -0.138. The summed E-state index contributed by atoms with van der Waals surface area (Å²) in [6.45, 7) is 2.83. The lowest BCUT2D eigenvalue weighted by atomic mass is 9.91. The quantitative estimate of drug-likeness (QED) is 0.323. The Morgan fingerprint density at radius 3 is 2.59 bits per heavy atom. The zero-order valence-corrected chi connectivity index (χ0v) is 12.8. The molecule has 22 heavy (non-hydrogen) atoms. The summed E-state index contributed by atoms with van der Waals surface area (Å²) in [7, 11) is 2.51. The van der Waals surface area contributed by atoms with Crippen LogP contribution in [0.2, 0.25) is 0 Å². The number of carbonyl (C=O) groups excluding carboxylic acids is 2. The fourth-order valence-electron chi connectivity index (χ4n) is 1.85. The number of nitrogens with zero attached hydrogens (tertiary/aromatic N) is 1. The third kappa shape index (κ3) is 3.41. The number of carbonyl (C=O) groups is 2. The lowest BCUT2D eigenvalue weighted by Gasteiger charge is -2.37. The van der Waals surface area contributed by atoms with Crippen LogP contribution < -0.4 is 0 Å². The molecular formula is C14H15ClF3NO3. The van der Waals surface area contributed by atoms with Crippen molar-refractivity contribution >= 4 is 23.4 Å². The first kappa shape index (κ1) is 18.4. The fourth-order valence-corrected chi connectivity index (χ4v) is 2.06. The van der Waals surface area contributed by atoms with Crippen LogP contribution in [0.15, 0.2) is 36.0 Å². The second kappa shape index (κ2) is 7.11. The number of Topliss-reactive ketones (excluding diaryl/α,β-unsaturated/α-hetero) is 1. The molecule has 0 aliphatic heterocycles. The predicted molar refractivity (Wildman–Crippen MR) is 75.3 cm³/mol. The van der Waals surface area contributed by atoms with Gasteiger partial charge in [0, 0.05) is 18.1 Å². The van der Waals surface area contributed by atoms with Crippen molar-refractivity contribution in [2.24, 2.45) is 0 Å². The van der Waals surface area contributed by atoms with Gasteiger partial charge in [-0.15, -0.1) is 0 Å². The Morgan fingerprint density at radius 2 is 2.09 bits per heavy atom. The van der Waals surface area contributed by atoms with Crippen molar-refractivity contribution in [2.75, 3.05) is 20.7 Å². The largest absolute Gasteiger partial charge is 0.462 e. The first-order valence-electron chi connectivity index (χ1n) is 6.26. The maximum atomic E-state index is 14.4. The van der Waals surface area contributed by atoms with Gasteiger partial charge in [0.15, 0.2) is 28.6 Å². The number of likely N-dealkylation sites (N-methyl/N-ethyl adjacent to an activating group) is 1. The number of ketones is 1. The fraction of sp³-hybridized carbons (Fsp3) is 0.429. The number of alkyl halides is 2. The Hall–Kier alpha value is -1.60. The molecule has 0 saturated heterocycles. The van der Waals surface area contributed by atoms with E-state index >= 15 is 0 Å². The monoisotopic (exact) mass is 337 g/mol. The average molecular weight is 338 g/mol. The molecule has 0 spiro atoms. The number of ether oxygens (including phenoxy) is 1. The topological polar surface area (TPSA) is 46.6 Å². The highest BCUT2D eigenvalue weighted by Crippen LogP contribution is 2.43. The highest BCUT2D eigenvalue weighted by Gasteiger charge is 2.51. The molecule has 0 aromatic heterocycles. The molecule has 0 aromatic carbocycles. The summed E-state index contributed by atoms with van der Waals surface area (Å²) in [6, 6.07) is 0. The second-order valence-electron chi connectivity index (χ2n) is 4.74. The third-order valence-electron chi connectivity index (χ3n) is 3.12. The van der Waals surface area contributed by atoms with Gasteiger partial charge in [0.1, 0.15) is 0 Å². The van der Waals surface area contributed by atoms with Crippen LogP contribution in [0.5, 0.6) is 0 Å². The number of halogens is 4. The molecule has 1 aliphatic carbocycles. The number of rotatable bonds is 6. The van der Waals surface area contributed by atoms with E-state index in [0.717, 1.165) is 11.0 Å². The van der Waals surface area contributed by atoms with E-state index < -0.39 is 40.1 Å². The zero-order valence-electron chi connectivity index (χ0n) is 12.0. The van der Waals surface area contributed by atoms with Crippen LogP contribution in [0.25, 0.3) is 0 Å². The molecule has 0 heterocycles. The number of hydrogen-bond acceptors (Lipinski definition) is 4. The van der Waals surface area contributed by atoms with Gasteiger partial charge >= 0.3 is 5.97 Å². The second-order valence-corrected chi connectivity index (χ2v) is 5.31. The van der Waals surface area contributed by atoms with E-state index in [1.54, 1.807) is 0 Å². The van der Waals surface area contributed by atoms with Crippen molar-refractivity contribution in [3.05, 3.63) is 36.0 Å². The van der Waals surface area contributed by atoms with E-state index in [1.165, 1.54) is 14.1 Å². The SMILES string of the molecule is C=CC(=O)OCCC(=O)C1=CC(F)=C(F)C(Cl)(N(C)C)C1F. The van der Waals surface area contributed by atoms with Gasteiger partial charge in [-0.3, -0.25) is 9.69 Å². The van der Waals surface area contributed by atoms with Crippen molar-refractivity contribution in [1.82, 2.24) is 4.90 Å². The molecule has 2 unspecified atom stereocenters. The number of hydrogen-bond donors (Lipinski definition) is 0. The molecule has 1 aliphatic rings. The first-order valence-corrected chi connectivity index (χ1v) is 6.64. The Bertz CT molecular complexity index is 560. The molecule has 2 atom stereocenters. The molecule has 0 saturated carbocycles. The van der Waals surface area contributed by atoms with Crippen LogP contribution in [0.4, 0.5) is 13.2 Å². The Labute approximate surface area is 130 Å². The van der Waals surface area contributed by atoms with Crippen LogP contribution in [-0.4, -0.2) is 48.5 Å². The summed E-state index contributed by atoms with van der Waals surface area (Å²) in [5, 5.41) is 0. The van der Waals surface area contributed by atoms with Crippen molar-refractivity contribution in [3.8, 4) is 0 Å². The summed E-state index contributed by atoms with van der Waals surface area (Å²) in [6.07, 6.45) is -1.29. The van der Waals surface area contributed by atoms with Gasteiger partial charge in [-0.25, -0.2) is 18.0 Å². The molecule has 0 fully saturated rings.